The van der Waals surface area contributed by atoms with Crippen LogP contribution in [0, 0.1) is 19.8 Å². The fourth-order valence-corrected chi connectivity index (χ4v) is 7.97. The lowest BCUT2D eigenvalue weighted by Gasteiger charge is -2.37. The number of carbonyl (C=O) groups is 4. The van der Waals surface area contributed by atoms with Gasteiger partial charge in [0.2, 0.25) is 5.91 Å². The maximum atomic E-state index is 13.9. The third-order valence-corrected chi connectivity index (χ3v) is 11.2. The Hall–Kier alpha value is -6.08. The Morgan fingerprint density at radius 3 is 2.14 bits per heavy atom. The lowest BCUT2D eigenvalue weighted by Crippen LogP contribution is -2.44. The minimum absolute atomic E-state index is 0.130. The first-order valence-corrected chi connectivity index (χ1v) is 18.5. The summed E-state index contributed by atoms with van der Waals surface area (Å²) in [6, 6.07) is 7.75. The molecular formula is C43H48N6O7. The average Bonchev–Trinajstić information content (AvgIpc) is 3.85. The number of aromatic nitrogens is 4. The van der Waals surface area contributed by atoms with Crippen molar-refractivity contribution in [1.29, 1.82) is 0 Å². The van der Waals surface area contributed by atoms with Gasteiger partial charge in [-0.15, -0.1) is 0 Å². The third kappa shape index (κ3) is 6.98. The predicted molar refractivity (Wildman–Crippen MR) is 216 cm³/mol. The van der Waals surface area contributed by atoms with E-state index in [9.17, 15) is 19.2 Å². The molecule has 0 aromatic carbocycles. The second kappa shape index (κ2) is 16.0. The molecule has 1 aliphatic carbocycles. The van der Waals surface area contributed by atoms with E-state index in [-0.39, 0.29) is 43.4 Å². The summed E-state index contributed by atoms with van der Waals surface area (Å²) in [5.41, 5.74) is 16.3. The molecular weight excluding hydrogens is 713 g/mol. The highest BCUT2D eigenvalue weighted by Gasteiger charge is 2.53. The van der Waals surface area contributed by atoms with Crippen molar-refractivity contribution in [3.8, 4) is 0 Å². The van der Waals surface area contributed by atoms with E-state index in [0.717, 1.165) is 50.0 Å². The van der Waals surface area contributed by atoms with E-state index >= 15 is 0 Å². The van der Waals surface area contributed by atoms with E-state index in [2.05, 4.69) is 21.9 Å². The van der Waals surface area contributed by atoms with Crippen molar-refractivity contribution in [2.24, 2.45) is 11.7 Å². The number of rotatable bonds is 11. The number of allylic oxidation sites excluding steroid dienone is 5. The number of hydrogen-bond acceptors (Lipinski definition) is 10. The molecule has 0 saturated carbocycles. The van der Waals surface area contributed by atoms with Gasteiger partial charge in [-0.1, -0.05) is 24.8 Å². The molecule has 2 unspecified atom stereocenters. The minimum Gasteiger partial charge on any atom is -0.469 e. The summed E-state index contributed by atoms with van der Waals surface area (Å²) in [6.07, 6.45) is 6.34. The fourth-order valence-electron chi connectivity index (χ4n) is 7.97. The summed E-state index contributed by atoms with van der Waals surface area (Å²) in [4.78, 5) is 69.7. The predicted octanol–water partition coefficient (Wildman–Crippen LogP) is 5.71. The van der Waals surface area contributed by atoms with E-state index < -0.39 is 23.2 Å². The van der Waals surface area contributed by atoms with Gasteiger partial charge in [-0.25, -0.2) is 4.98 Å². The van der Waals surface area contributed by atoms with Gasteiger partial charge < -0.3 is 35.2 Å². The van der Waals surface area contributed by atoms with Crippen LogP contribution in [0.4, 0.5) is 0 Å². The van der Waals surface area contributed by atoms with Crippen LogP contribution in [0.25, 0.3) is 44.9 Å². The molecule has 13 heteroatoms. The topological polar surface area (TPSA) is 191 Å². The number of ether oxygens (including phenoxy) is 3. The molecule has 56 heavy (non-hydrogen) atoms. The van der Waals surface area contributed by atoms with Gasteiger partial charge >= 0.3 is 17.9 Å². The Bertz CT molecular complexity index is 2430. The van der Waals surface area contributed by atoms with E-state index in [1.54, 1.807) is 12.2 Å². The number of nitrogens with one attached hydrogen (secondary N) is 3. The Morgan fingerprint density at radius 1 is 0.839 bits per heavy atom. The number of aromatic amines is 2. The van der Waals surface area contributed by atoms with Gasteiger partial charge in [-0.3, -0.25) is 24.2 Å². The summed E-state index contributed by atoms with van der Waals surface area (Å²) in [7, 11) is 4.03. The van der Waals surface area contributed by atoms with Crippen LogP contribution in [-0.2, 0) is 45.2 Å². The normalized spacial score (nSPS) is 17.4. The first-order chi connectivity index (χ1) is 26.8. The molecule has 13 nitrogen and oxygen atoms in total. The lowest BCUT2D eigenvalue weighted by atomic mass is 9.64. The number of carbonyl (C=O) groups excluding carboxylic acids is 4. The molecule has 5 heterocycles. The maximum Gasteiger partial charge on any atom is 0.314 e. The Balaban J connectivity index is 1.74. The second-order valence-electron chi connectivity index (χ2n) is 14.3. The monoisotopic (exact) mass is 760 g/mol. The molecule has 2 aliphatic heterocycles. The average molecular weight is 761 g/mol. The van der Waals surface area contributed by atoms with E-state index in [4.69, 9.17) is 29.9 Å². The van der Waals surface area contributed by atoms with Gasteiger partial charge in [-0.2, -0.15) is 0 Å². The largest absolute Gasteiger partial charge is 0.469 e. The van der Waals surface area contributed by atoms with E-state index in [0.29, 0.717) is 46.7 Å². The molecule has 0 saturated heterocycles. The number of amides is 1. The van der Waals surface area contributed by atoms with Crippen LogP contribution in [0.2, 0.25) is 0 Å². The minimum atomic E-state index is -1.15. The first kappa shape index (κ1) is 39.6. The molecule has 0 spiro atoms. The second-order valence-corrected chi connectivity index (χ2v) is 14.3. The molecule has 0 fully saturated rings. The maximum absolute atomic E-state index is 13.9. The van der Waals surface area contributed by atoms with Crippen LogP contribution >= 0.6 is 0 Å². The molecule has 292 valence electrons. The summed E-state index contributed by atoms with van der Waals surface area (Å²) < 4.78 is 15.4. The van der Waals surface area contributed by atoms with Gasteiger partial charge in [0.15, 0.2) is 0 Å². The number of esters is 3. The van der Waals surface area contributed by atoms with Crippen molar-refractivity contribution in [3.05, 3.63) is 93.6 Å². The lowest BCUT2D eigenvalue weighted by molar-refractivity contribution is -0.146. The van der Waals surface area contributed by atoms with Crippen molar-refractivity contribution in [1.82, 2.24) is 25.3 Å². The summed E-state index contributed by atoms with van der Waals surface area (Å²) in [5, 5.41) is 2.82. The summed E-state index contributed by atoms with van der Waals surface area (Å²) in [5.74, 6) is -2.77. The van der Waals surface area contributed by atoms with Crippen LogP contribution in [0.1, 0.15) is 78.1 Å². The zero-order valence-corrected chi connectivity index (χ0v) is 32.9. The van der Waals surface area contributed by atoms with Gasteiger partial charge in [0, 0.05) is 59.1 Å². The number of hydrogen-bond donors (Lipinski definition) is 4. The molecule has 2 atom stereocenters. The molecule has 3 aliphatic rings. The first-order valence-electron chi connectivity index (χ1n) is 18.5. The SMILES string of the molecule is C=Cc1c(C)c2cc3nc(cc4[nH]c(cc5nc(cc1[nH]2)C(C)=C5CCC(=O)OC)c(CCC(=O)OC)c4C)C1(C)C3=CC=C(C(=O)NCCN)C1C(=O)OC. The Morgan fingerprint density at radius 2 is 1.48 bits per heavy atom. The number of nitrogens with zero attached hydrogens (tertiary/aromatic N) is 2. The van der Waals surface area contributed by atoms with Gasteiger partial charge in [0.25, 0.3) is 0 Å². The van der Waals surface area contributed by atoms with Crippen molar-refractivity contribution < 1.29 is 33.4 Å². The summed E-state index contributed by atoms with van der Waals surface area (Å²) >= 11 is 0. The van der Waals surface area contributed by atoms with Crippen molar-refractivity contribution >= 4 is 68.7 Å². The molecule has 0 radical (unpaired) electrons. The molecule has 3 aromatic heterocycles. The molecule has 8 bridgehead atoms. The number of methoxy groups -OCH3 is 3. The number of aryl methyl sites for hydroxylation is 3. The fraction of sp³-hybridized carbons (Fsp3) is 0.349. The molecule has 6 rings (SSSR count). The standard InChI is InChI=1S/C43H48N6O7/c1-9-25-22(2)31-19-36-29-13-10-28(41(52)45-17-16-44)40(42(53)56-8)43(29,5)37(49-36)21-32-24(4)27(12-15-39(51)55-7)35(48-32)20-34-26(11-14-38(50)54-6)23(3)30(47-34)18-33(25)46-31/h9-10,13,18-21,40,46,48H,1,11-12,14-17,44H2,2-8H3,(H,45,52). The number of fused-ring (bicyclic) bond motifs is 11. The highest BCUT2D eigenvalue weighted by atomic mass is 16.5. The molecule has 1 amide bonds. The highest BCUT2D eigenvalue weighted by Crippen LogP contribution is 2.52. The van der Waals surface area contributed by atoms with Crippen molar-refractivity contribution in [3.63, 3.8) is 0 Å². The Labute approximate surface area is 325 Å². The quantitative estimate of drug-likeness (QED) is 0.139. The van der Waals surface area contributed by atoms with Crippen LogP contribution in [0.5, 0.6) is 0 Å². The van der Waals surface area contributed by atoms with Crippen molar-refractivity contribution in [2.75, 3.05) is 34.4 Å². The number of nitrogens with two attached hydrogens (primary N) is 1. The smallest absolute Gasteiger partial charge is 0.314 e. The Kier molecular flexibility index (Phi) is 11.3. The third-order valence-electron chi connectivity index (χ3n) is 11.2. The zero-order valence-electron chi connectivity index (χ0n) is 32.9. The van der Waals surface area contributed by atoms with Gasteiger partial charge in [0.05, 0.1) is 49.5 Å². The van der Waals surface area contributed by atoms with E-state index in [1.807, 2.05) is 58.0 Å². The summed E-state index contributed by atoms with van der Waals surface area (Å²) in [6.45, 7) is 12.4. The van der Waals surface area contributed by atoms with Crippen LogP contribution in [0.15, 0.2) is 48.6 Å². The van der Waals surface area contributed by atoms with Gasteiger partial charge in [0.1, 0.15) is 5.92 Å². The van der Waals surface area contributed by atoms with Crippen molar-refractivity contribution in [2.45, 2.75) is 58.8 Å². The van der Waals surface area contributed by atoms with Crippen LogP contribution in [-0.4, -0.2) is 78.2 Å². The van der Waals surface area contributed by atoms with Crippen LogP contribution < -0.4 is 11.1 Å². The molecule has 5 N–H and O–H groups in total. The number of H-pyrrole nitrogens is 2. The van der Waals surface area contributed by atoms with Gasteiger partial charge in [-0.05, 0) is 98.2 Å². The zero-order chi connectivity index (χ0) is 40.5. The van der Waals surface area contributed by atoms with E-state index in [1.165, 1.54) is 21.3 Å². The highest BCUT2D eigenvalue weighted by molar-refractivity contribution is 6.04. The van der Waals surface area contributed by atoms with Crippen LogP contribution in [0.3, 0.4) is 0 Å². The molecule has 3 aromatic rings.